The van der Waals surface area contributed by atoms with Gasteiger partial charge in [0.2, 0.25) is 0 Å². The van der Waals surface area contributed by atoms with Crippen molar-refractivity contribution in [2.45, 2.75) is 32.8 Å². The Balaban J connectivity index is 1.98. The Hall–Kier alpha value is -1.88. The summed E-state index contributed by atoms with van der Waals surface area (Å²) in [5.74, 6) is -1.06. The summed E-state index contributed by atoms with van der Waals surface area (Å²) in [5.41, 5.74) is 1.72. The average molecular weight is 290 g/mol. The normalized spacial score (nSPS) is 22.0. The molecule has 1 heterocycles. The molecule has 0 spiro atoms. The number of rotatable bonds is 2. The lowest BCUT2D eigenvalue weighted by molar-refractivity contribution is -0.146. The minimum atomic E-state index is -0.648. The molecule has 2 atom stereocenters. The molecule has 0 radical (unpaired) electrons. The molecule has 2 unspecified atom stereocenters. The number of amides is 2. The van der Waals surface area contributed by atoms with E-state index in [9.17, 15) is 14.7 Å². The fourth-order valence-electron chi connectivity index (χ4n) is 2.43. The summed E-state index contributed by atoms with van der Waals surface area (Å²) >= 11 is 0. The third-order valence-corrected chi connectivity index (χ3v) is 3.99. The molecule has 114 valence electrons. The van der Waals surface area contributed by atoms with Crippen molar-refractivity contribution >= 4 is 17.5 Å². The van der Waals surface area contributed by atoms with Crippen molar-refractivity contribution in [1.82, 2.24) is 4.90 Å². The summed E-state index contributed by atoms with van der Waals surface area (Å²) < 4.78 is 0. The number of aryl methyl sites for hydroxylation is 1. The Labute approximate surface area is 125 Å². The highest BCUT2D eigenvalue weighted by Gasteiger charge is 2.30. The molecule has 2 N–H and O–H groups in total. The van der Waals surface area contributed by atoms with E-state index in [2.05, 4.69) is 5.32 Å². The predicted molar refractivity (Wildman–Crippen MR) is 80.8 cm³/mol. The van der Waals surface area contributed by atoms with E-state index in [1.54, 1.807) is 6.07 Å². The van der Waals surface area contributed by atoms with Gasteiger partial charge in [0.05, 0.1) is 6.10 Å². The van der Waals surface area contributed by atoms with Crippen LogP contribution < -0.4 is 5.32 Å². The Bertz CT molecular complexity index is 530. The number of aliphatic hydroxyl groups excluding tert-OH is 1. The molecule has 5 nitrogen and oxygen atoms in total. The minimum Gasteiger partial charge on any atom is -0.391 e. The molecule has 1 aromatic carbocycles. The number of hydrogen-bond acceptors (Lipinski definition) is 3. The molecular weight excluding hydrogens is 268 g/mol. The minimum absolute atomic E-state index is 0.165. The summed E-state index contributed by atoms with van der Waals surface area (Å²) in [7, 11) is 0. The first-order chi connectivity index (χ1) is 10.0. The molecular formula is C16H22N2O3. The van der Waals surface area contributed by atoms with E-state index < -0.39 is 17.9 Å². The lowest BCUT2D eigenvalue weighted by Gasteiger charge is -2.33. The number of aliphatic hydroxyl groups is 1. The van der Waals surface area contributed by atoms with Crippen LogP contribution in [0, 0.1) is 5.92 Å². The summed E-state index contributed by atoms with van der Waals surface area (Å²) in [6.07, 6.45) is 1.03. The molecule has 0 aromatic heterocycles. The number of nitrogens with one attached hydrogen (secondary N) is 1. The highest BCUT2D eigenvalue weighted by Crippen LogP contribution is 2.17. The van der Waals surface area contributed by atoms with Gasteiger partial charge in [-0.2, -0.15) is 0 Å². The van der Waals surface area contributed by atoms with Crippen LogP contribution in [0.1, 0.15) is 25.8 Å². The van der Waals surface area contributed by atoms with E-state index in [0.29, 0.717) is 18.7 Å². The largest absolute Gasteiger partial charge is 0.391 e. The van der Waals surface area contributed by atoms with Gasteiger partial charge in [-0.3, -0.25) is 9.59 Å². The van der Waals surface area contributed by atoms with Crippen LogP contribution in [0.25, 0.3) is 0 Å². The van der Waals surface area contributed by atoms with Gasteiger partial charge in [0, 0.05) is 18.8 Å². The van der Waals surface area contributed by atoms with Gasteiger partial charge in [-0.05, 0) is 36.5 Å². The van der Waals surface area contributed by atoms with Crippen LogP contribution in [0.4, 0.5) is 5.69 Å². The highest BCUT2D eigenvalue weighted by atomic mass is 16.3. The molecule has 1 aliphatic heterocycles. The summed E-state index contributed by atoms with van der Waals surface area (Å²) in [6, 6.07) is 7.45. The van der Waals surface area contributed by atoms with Gasteiger partial charge in [-0.25, -0.2) is 0 Å². The zero-order chi connectivity index (χ0) is 15.4. The molecule has 1 aliphatic rings. The first-order valence-electron chi connectivity index (χ1n) is 7.38. The highest BCUT2D eigenvalue weighted by molar-refractivity contribution is 6.39. The van der Waals surface area contributed by atoms with Crippen LogP contribution >= 0.6 is 0 Å². The van der Waals surface area contributed by atoms with Gasteiger partial charge in [-0.15, -0.1) is 0 Å². The van der Waals surface area contributed by atoms with E-state index in [1.165, 1.54) is 4.90 Å². The summed E-state index contributed by atoms with van der Waals surface area (Å²) in [6.45, 7) is 4.72. The number of nitrogens with zero attached hydrogens (tertiary/aromatic N) is 1. The Morgan fingerprint density at radius 2 is 2.19 bits per heavy atom. The number of carbonyl (C=O) groups is 2. The quantitative estimate of drug-likeness (QED) is 0.809. The van der Waals surface area contributed by atoms with Crippen molar-refractivity contribution in [2.24, 2.45) is 5.92 Å². The summed E-state index contributed by atoms with van der Waals surface area (Å²) in [4.78, 5) is 25.5. The fourth-order valence-corrected chi connectivity index (χ4v) is 2.43. The van der Waals surface area contributed by atoms with Crippen LogP contribution in [-0.4, -0.2) is 41.0 Å². The molecule has 0 bridgehead atoms. The van der Waals surface area contributed by atoms with Crippen molar-refractivity contribution in [3.05, 3.63) is 29.8 Å². The SMILES string of the molecule is CCc1cccc(NC(=O)C(=O)N2CCC(C)C(O)C2)c1. The Morgan fingerprint density at radius 3 is 2.86 bits per heavy atom. The van der Waals surface area contributed by atoms with E-state index in [4.69, 9.17) is 0 Å². The zero-order valence-electron chi connectivity index (χ0n) is 12.5. The van der Waals surface area contributed by atoms with Gasteiger partial charge in [0.15, 0.2) is 0 Å². The molecule has 1 aromatic rings. The van der Waals surface area contributed by atoms with Crippen molar-refractivity contribution in [2.75, 3.05) is 18.4 Å². The Morgan fingerprint density at radius 1 is 1.43 bits per heavy atom. The van der Waals surface area contributed by atoms with Crippen LogP contribution in [-0.2, 0) is 16.0 Å². The van der Waals surface area contributed by atoms with Gasteiger partial charge < -0.3 is 15.3 Å². The molecule has 2 amide bonds. The monoisotopic (exact) mass is 290 g/mol. The number of hydrogen-bond donors (Lipinski definition) is 2. The molecule has 0 aliphatic carbocycles. The maximum Gasteiger partial charge on any atom is 0.313 e. The third kappa shape index (κ3) is 3.82. The second kappa shape index (κ2) is 6.72. The van der Waals surface area contributed by atoms with Gasteiger partial charge >= 0.3 is 11.8 Å². The maximum atomic E-state index is 12.1. The second-order valence-electron chi connectivity index (χ2n) is 5.59. The fraction of sp³-hybridized carbons (Fsp3) is 0.500. The topological polar surface area (TPSA) is 69.6 Å². The van der Waals surface area contributed by atoms with Crippen molar-refractivity contribution in [3.63, 3.8) is 0 Å². The van der Waals surface area contributed by atoms with Gasteiger partial charge in [-0.1, -0.05) is 26.0 Å². The first kappa shape index (κ1) is 15.5. The summed E-state index contributed by atoms with van der Waals surface area (Å²) in [5, 5.41) is 12.4. The molecule has 0 saturated carbocycles. The lowest BCUT2D eigenvalue weighted by Crippen LogP contribution is -2.49. The van der Waals surface area contributed by atoms with E-state index in [-0.39, 0.29) is 12.5 Å². The number of benzene rings is 1. The first-order valence-corrected chi connectivity index (χ1v) is 7.38. The standard InChI is InChI=1S/C16H22N2O3/c1-3-12-5-4-6-13(9-12)17-15(20)16(21)18-8-7-11(2)14(19)10-18/h4-6,9,11,14,19H,3,7-8,10H2,1-2H3,(H,17,20). The van der Waals surface area contributed by atoms with Crippen LogP contribution in [0.2, 0.25) is 0 Å². The smallest absolute Gasteiger partial charge is 0.313 e. The molecule has 21 heavy (non-hydrogen) atoms. The van der Waals surface area contributed by atoms with E-state index in [0.717, 1.165) is 12.0 Å². The van der Waals surface area contributed by atoms with Crippen LogP contribution in [0.5, 0.6) is 0 Å². The molecule has 1 fully saturated rings. The van der Waals surface area contributed by atoms with Crippen LogP contribution in [0.15, 0.2) is 24.3 Å². The number of carbonyl (C=O) groups excluding carboxylic acids is 2. The van der Waals surface area contributed by atoms with Crippen LogP contribution in [0.3, 0.4) is 0 Å². The van der Waals surface area contributed by atoms with E-state index >= 15 is 0 Å². The van der Waals surface area contributed by atoms with Gasteiger partial charge in [0.1, 0.15) is 0 Å². The maximum absolute atomic E-state index is 12.1. The Kier molecular flexibility index (Phi) is 4.96. The van der Waals surface area contributed by atoms with Crippen molar-refractivity contribution < 1.29 is 14.7 Å². The van der Waals surface area contributed by atoms with Crippen molar-refractivity contribution in [1.29, 1.82) is 0 Å². The van der Waals surface area contributed by atoms with Gasteiger partial charge in [0.25, 0.3) is 0 Å². The van der Waals surface area contributed by atoms with Crippen molar-refractivity contribution in [3.8, 4) is 0 Å². The predicted octanol–water partition coefficient (Wildman–Crippen LogP) is 1.42. The number of likely N-dealkylation sites (tertiary alicyclic amines) is 1. The molecule has 5 heteroatoms. The average Bonchev–Trinajstić information content (AvgIpc) is 2.49. The molecule has 1 saturated heterocycles. The number of anilines is 1. The number of piperidine rings is 1. The van der Waals surface area contributed by atoms with E-state index in [1.807, 2.05) is 32.0 Å². The third-order valence-electron chi connectivity index (χ3n) is 3.99. The number of β-amino-alcohol motifs (C(OH)–C–C–N with tert-alkyl or cyclic N) is 1. The second-order valence-corrected chi connectivity index (χ2v) is 5.59. The zero-order valence-corrected chi connectivity index (χ0v) is 12.5. The molecule has 2 rings (SSSR count). The lowest BCUT2D eigenvalue weighted by atomic mass is 9.96.